The Bertz CT molecular complexity index is 1130. The minimum Gasteiger partial charge on any atom is -0.503 e. The molecule has 0 spiro atoms. The summed E-state index contributed by atoms with van der Waals surface area (Å²) in [5.74, 6) is -1.11. The molecule has 0 saturated heterocycles. The molecule has 0 bridgehead atoms. The van der Waals surface area contributed by atoms with Crippen LogP contribution in [0.4, 0.5) is 5.95 Å². The van der Waals surface area contributed by atoms with Crippen molar-refractivity contribution in [1.29, 1.82) is 0 Å². The van der Waals surface area contributed by atoms with Crippen molar-refractivity contribution in [2.24, 2.45) is 5.92 Å². The summed E-state index contributed by atoms with van der Waals surface area (Å²) < 4.78 is 0. The zero-order valence-electron chi connectivity index (χ0n) is 16.5. The minimum atomic E-state index is -0.836. The molecule has 0 aliphatic carbocycles. The predicted molar refractivity (Wildman–Crippen MR) is 109 cm³/mol. The smallest absolute Gasteiger partial charge is 0.296 e. The fourth-order valence-electron chi connectivity index (χ4n) is 3.63. The van der Waals surface area contributed by atoms with Crippen LogP contribution in [0.25, 0.3) is 11.0 Å². The second kappa shape index (κ2) is 7.16. The third-order valence-corrected chi connectivity index (χ3v) is 4.92. The zero-order valence-corrected chi connectivity index (χ0v) is 16.5. The number of H-pyrrole nitrogens is 1. The number of nitrogens with one attached hydrogen (secondary N) is 1. The number of aliphatic hydroxyl groups excluding tert-OH is 1. The monoisotopic (exact) mass is 390 g/mol. The Hall–Kier alpha value is -3.48. The van der Waals surface area contributed by atoms with Gasteiger partial charge in [0.05, 0.1) is 22.3 Å². The number of aryl methyl sites for hydroxylation is 1. The molecule has 0 radical (unpaired) electrons. The Kier molecular flexibility index (Phi) is 4.66. The number of hydrogen-bond acceptors (Lipinski definition) is 5. The average Bonchev–Trinajstić information content (AvgIpc) is 3.20. The lowest BCUT2D eigenvalue weighted by molar-refractivity contribution is -0.118. The van der Waals surface area contributed by atoms with Gasteiger partial charge in [0.25, 0.3) is 5.91 Å². The van der Waals surface area contributed by atoms with Crippen LogP contribution in [0.15, 0.2) is 53.9 Å². The number of amides is 1. The molecule has 1 aromatic carbocycles. The number of anilines is 1. The number of nitrogens with zero attached hydrogens (tertiary/aromatic N) is 3. The average molecular weight is 390 g/mol. The Morgan fingerprint density at radius 3 is 2.76 bits per heavy atom. The van der Waals surface area contributed by atoms with Crippen molar-refractivity contribution in [3.05, 3.63) is 65.2 Å². The van der Waals surface area contributed by atoms with E-state index in [0.717, 1.165) is 11.1 Å². The van der Waals surface area contributed by atoms with Crippen LogP contribution < -0.4 is 4.90 Å². The summed E-state index contributed by atoms with van der Waals surface area (Å²) >= 11 is 0. The standard InChI is InChI=1S/C22H22N4O3/c1-12(2)10-17(27)18-19(15-6-4-5-9-23-15)26(21(29)20(18)28)22-24-14-8-7-13(3)11-16(14)25-22/h4-9,11-12,19,28H,10H2,1-3H3,(H,24,25). The van der Waals surface area contributed by atoms with Crippen molar-refractivity contribution in [2.75, 3.05) is 4.90 Å². The molecule has 3 aromatic rings. The molecule has 7 heteroatoms. The molecule has 0 saturated carbocycles. The van der Waals surface area contributed by atoms with E-state index in [1.807, 2.05) is 39.0 Å². The minimum absolute atomic E-state index is 0.0686. The first-order chi connectivity index (χ1) is 13.9. The highest BCUT2D eigenvalue weighted by Gasteiger charge is 2.46. The number of ketones is 1. The van der Waals surface area contributed by atoms with Gasteiger partial charge in [-0.2, -0.15) is 0 Å². The van der Waals surface area contributed by atoms with Gasteiger partial charge in [-0.1, -0.05) is 26.0 Å². The molecule has 7 nitrogen and oxygen atoms in total. The van der Waals surface area contributed by atoms with Crippen LogP contribution in [0, 0.1) is 12.8 Å². The van der Waals surface area contributed by atoms with Crippen molar-refractivity contribution in [3.8, 4) is 0 Å². The quantitative estimate of drug-likeness (QED) is 0.691. The van der Waals surface area contributed by atoms with Gasteiger partial charge < -0.3 is 10.1 Å². The van der Waals surface area contributed by atoms with Crippen LogP contribution in [0.1, 0.15) is 37.6 Å². The number of fused-ring (bicyclic) bond motifs is 1. The van der Waals surface area contributed by atoms with Gasteiger partial charge in [0.2, 0.25) is 5.95 Å². The number of Topliss-reactive ketones (excluding diaryl/α,β-unsaturated/α-hetero) is 1. The van der Waals surface area contributed by atoms with E-state index < -0.39 is 17.7 Å². The predicted octanol–water partition coefficient (Wildman–Crippen LogP) is 3.78. The lowest BCUT2D eigenvalue weighted by Gasteiger charge is -2.23. The Morgan fingerprint density at radius 1 is 1.28 bits per heavy atom. The van der Waals surface area contributed by atoms with Crippen LogP contribution in [-0.4, -0.2) is 31.7 Å². The second-order valence-electron chi connectivity index (χ2n) is 7.70. The molecule has 0 fully saturated rings. The highest BCUT2D eigenvalue weighted by atomic mass is 16.3. The molecule has 3 heterocycles. The molecule has 1 unspecified atom stereocenters. The van der Waals surface area contributed by atoms with Crippen LogP contribution in [0.2, 0.25) is 0 Å². The topological polar surface area (TPSA) is 99.2 Å². The first kappa shape index (κ1) is 18.9. The molecule has 1 atom stereocenters. The number of pyridine rings is 1. The SMILES string of the molecule is Cc1ccc2nc(N3C(=O)C(O)=C(C(=O)CC(C)C)C3c3ccccn3)[nH]c2c1. The van der Waals surface area contributed by atoms with Crippen molar-refractivity contribution < 1.29 is 14.7 Å². The van der Waals surface area contributed by atoms with Gasteiger partial charge in [-0.3, -0.25) is 19.5 Å². The van der Waals surface area contributed by atoms with Crippen molar-refractivity contribution >= 4 is 28.7 Å². The van der Waals surface area contributed by atoms with E-state index in [1.165, 1.54) is 4.90 Å². The molecule has 4 rings (SSSR count). The largest absolute Gasteiger partial charge is 0.503 e. The van der Waals surface area contributed by atoms with Gasteiger partial charge in [-0.25, -0.2) is 4.98 Å². The van der Waals surface area contributed by atoms with E-state index in [0.29, 0.717) is 11.2 Å². The van der Waals surface area contributed by atoms with Gasteiger partial charge in [-0.15, -0.1) is 0 Å². The third-order valence-electron chi connectivity index (χ3n) is 4.92. The number of benzene rings is 1. The number of carbonyl (C=O) groups is 2. The van der Waals surface area contributed by atoms with E-state index >= 15 is 0 Å². The molecule has 148 valence electrons. The first-order valence-electron chi connectivity index (χ1n) is 9.54. The number of carbonyl (C=O) groups excluding carboxylic acids is 2. The fourth-order valence-corrected chi connectivity index (χ4v) is 3.63. The number of rotatable bonds is 5. The Morgan fingerprint density at radius 2 is 2.07 bits per heavy atom. The highest BCUT2D eigenvalue weighted by Crippen LogP contribution is 2.40. The van der Waals surface area contributed by atoms with Crippen LogP contribution in [0.5, 0.6) is 0 Å². The van der Waals surface area contributed by atoms with Crippen LogP contribution in [-0.2, 0) is 9.59 Å². The van der Waals surface area contributed by atoms with Crippen LogP contribution >= 0.6 is 0 Å². The van der Waals surface area contributed by atoms with Gasteiger partial charge in [0.1, 0.15) is 6.04 Å². The van der Waals surface area contributed by atoms with Crippen molar-refractivity contribution in [2.45, 2.75) is 33.2 Å². The summed E-state index contributed by atoms with van der Waals surface area (Å²) in [5.41, 5.74) is 3.08. The molecular formula is C22H22N4O3. The van der Waals surface area contributed by atoms with E-state index in [2.05, 4.69) is 15.0 Å². The van der Waals surface area contributed by atoms with E-state index in [4.69, 9.17) is 0 Å². The Labute approximate surface area is 168 Å². The lowest BCUT2D eigenvalue weighted by Crippen LogP contribution is -2.32. The van der Waals surface area contributed by atoms with Gasteiger partial charge in [0, 0.05) is 12.6 Å². The lowest BCUT2D eigenvalue weighted by atomic mass is 9.94. The number of hydrogen-bond donors (Lipinski definition) is 2. The molecule has 2 aromatic heterocycles. The first-order valence-corrected chi connectivity index (χ1v) is 9.54. The van der Waals surface area contributed by atoms with Crippen molar-refractivity contribution in [3.63, 3.8) is 0 Å². The number of aromatic amines is 1. The zero-order chi connectivity index (χ0) is 20.7. The summed E-state index contributed by atoms with van der Waals surface area (Å²) in [5, 5.41) is 10.6. The molecule has 29 heavy (non-hydrogen) atoms. The third kappa shape index (κ3) is 3.29. The van der Waals surface area contributed by atoms with Gasteiger partial charge in [0.15, 0.2) is 11.5 Å². The second-order valence-corrected chi connectivity index (χ2v) is 7.70. The number of imidazole rings is 1. The summed E-state index contributed by atoms with van der Waals surface area (Å²) in [6, 6.07) is 10.2. The van der Waals surface area contributed by atoms with Crippen LogP contribution in [0.3, 0.4) is 0 Å². The van der Waals surface area contributed by atoms with Gasteiger partial charge in [-0.05, 0) is 42.7 Å². The maximum absolute atomic E-state index is 13.0. The van der Waals surface area contributed by atoms with E-state index in [-0.39, 0.29) is 29.6 Å². The summed E-state index contributed by atoms with van der Waals surface area (Å²) in [4.78, 5) is 39.3. The normalized spacial score (nSPS) is 17.0. The number of aliphatic hydroxyl groups is 1. The van der Waals surface area contributed by atoms with E-state index in [1.54, 1.807) is 24.4 Å². The number of aromatic nitrogens is 3. The fraction of sp³-hybridized carbons (Fsp3) is 0.273. The maximum atomic E-state index is 13.0. The summed E-state index contributed by atoms with van der Waals surface area (Å²) in [6.45, 7) is 5.80. The Balaban J connectivity index is 1.86. The maximum Gasteiger partial charge on any atom is 0.296 e. The highest BCUT2D eigenvalue weighted by molar-refractivity contribution is 6.16. The van der Waals surface area contributed by atoms with E-state index in [9.17, 15) is 14.7 Å². The molecule has 1 amide bonds. The molecule has 1 aliphatic rings. The summed E-state index contributed by atoms with van der Waals surface area (Å²) in [7, 11) is 0. The molecular weight excluding hydrogens is 368 g/mol. The summed E-state index contributed by atoms with van der Waals surface area (Å²) in [6.07, 6.45) is 1.82. The molecule has 2 N–H and O–H groups in total. The van der Waals surface area contributed by atoms with Crippen molar-refractivity contribution in [1.82, 2.24) is 15.0 Å². The molecule has 1 aliphatic heterocycles. The van der Waals surface area contributed by atoms with Gasteiger partial charge >= 0.3 is 0 Å².